The molecule has 0 aliphatic heterocycles. The molecule has 3 heterocycles. The van der Waals surface area contributed by atoms with Crippen molar-refractivity contribution in [2.75, 3.05) is 0 Å². The van der Waals surface area contributed by atoms with Gasteiger partial charge in [-0.05, 0) is 36.4 Å². The number of nitrogens with zero attached hydrogens (tertiary/aromatic N) is 1. The van der Waals surface area contributed by atoms with Gasteiger partial charge in [0.1, 0.15) is 12.3 Å². The van der Waals surface area contributed by atoms with Gasteiger partial charge in [0.05, 0.1) is 12.5 Å². The third kappa shape index (κ3) is 2.64. The van der Waals surface area contributed by atoms with Gasteiger partial charge in [0.15, 0.2) is 11.0 Å². The van der Waals surface area contributed by atoms with Crippen LogP contribution in [0.15, 0.2) is 69.9 Å². The molecule has 0 radical (unpaired) electrons. The molecule has 0 aliphatic carbocycles. The van der Waals surface area contributed by atoms with Gasteiger partial charge in [0.25, 0.3) is 0 Å². The van der Waals surface area contributed by atoms with E-state index in [0.29, 0.717) is 6.54 Å². The van der Waals surface area contributed by atoms with Gasteiger partial charge in [-0.25, -0.2) is 9.55 Å². The number of benzene rings is 1. The molecule has 0 atom stereocenters. The first-order valence-corrected chi connectivity index (χ1v) is 6.48. The van der Waals surface area contributed by atoms with E-state index in [-0.39, 0.29) is 17.9 Å². The summed E-state index contributed by atoms with van der Waals surface area (Å²) in [6.45, 7) is 0.660. The molecule has 3 N–H and O–H groups in total. The summed E-state index contributed by atoms with van der Waals surface area (Å²) in [6.07, 6.45) is 3.37. The minimum absolute atomic E-state index is 0. The molecule has 6 heteroatoms. The lowest BCUT2D eigenvalue weighted by Crippen LogP contribution is -3.00. The van der Waals surface area contributed by atoms with Crippen molar-refractivity contribution < 1.29 is 31.3 Å². The van der Waals surface area contributed by atoms with Crippen molar-refractivity contribution in [3.8, 4) is 11.6 Å². The predicted molar refractivity (Wildman–Crippen MR) is 77.6 cm³/mol. The molecule has 0 unspecified atom stereocenters. The number of rotatable bonds is 3. The van der Waals surface area contributed by atoms with Crippen molar-refractivity contribution in [2.45, 2.75) is 6.54 Å². The summed E-state index contributed by atoms with van der Waals surface area (Å²) < 4.78 is 13.1. The van der Waals surface area contributed by atoms with E-state index in [1.807, 2.05) is 36.4 Å². The molecule has 0 fully saturated rings. The Morgan fingerprint density at radius 1 is 0.909 bits per heavy atom. The fraction of sp³-hybridized carbons (Fsp3) is 0.0625. The molecule has 114 valence electrons. The molecule has 1 aromatic carbocycles. The number of para-hydroxylation sites is 2. The Morgan fingerprint density at radius 3 is 2.41 bits per heavy atom. The maximum atomic E-state index is 5.53. The number of H-pyrrole nitrogens is 1. The van der Waals surface area contributed by atoms with Crippen LogP contribution in [0.25, 0.3) is 22.6 Å². The Labute approximate surface area is 132 Å². The van der Waals surface area contributed by atoms with E-state index in [4.69, 9.17) is 8.83 Å². The summed E-state index contributed by atoms with van der Waals surface area (Å²) >= 11 is 0. The summed E-state index contributed by atoms with van der Waals surface area (Å²) in [4.78, 5) is 3.41. The summed E-state index contributed by atoms with van der Waals surface area (Å²) in [7, 11) is 0. The van der Waals surface area contributed by atoms with Gasteiger partial charge in [-0.3, -0.25) is 0 Å². The Hall–Kier alpha value is -2.50. The molecule has 5 nitrogen and oxygen atoms in total. The quantitative estimate of drug-likeness (QED) is 0.519. The molecule has 0 aliphatic rings. The Bertz CT molecular complexity index is 836. The van der Waals surface area contributed by atoms with E-state index >= 15 is 0 Å². The lowest BCUT2D eigenvalue weighted by atomic mass is 10.3. The first kappa shape index (κ1) is 15.9. The standard InChI is InChI=1S/C16H12N2O2.ClH.H2O/c1-2-7-14-13(6-1)17-16(15-8-4-10-20-15)18(14)11-12-5-3-9-19-12;;/h1-10H,11H2;1H;1H2. The normalized spacial score (nSPS) is 10.2. The van der Waals surface area contributed by atoms with E-state index in [0.717, 1.165) is 28.4 Å². The summed E-state index contributed by atoms with van der Waals surface area (Å²) in [6, 6.07) is 15.9. The lowest BCUT2D eigenvalue weighted by molar-refractivity contribution is -0.653. The van der Waals surface area contributed by atoms with E-state index in [1.54, 1.807) is 12.5 Å². The molecule has 0 saturated heterocycles. The van der Waals surface area contributed by atoms with Crippen LogP contribution >= 0.6 is 0 Å². The fourth-order valence-electron chi connectivity index (χ4n) is 2.46. The summed E-state index contributed by atoms with van der Waals surface area (Å²) in [5.41, 5.74) is 2.20. The van der Waals surface area contributed by atoms with Crippen molar-refractivity contribution in [3.63, 3.8) is 0 Å². The van der Waals surface area contributed by atoms with Gasteiger partial charge in [0.2, 0.25) is 5.76 Å². The van der Waals surface area contributed by atoms with Gasteiger partial charge in [0, 0.05) is 0 Å². The van der Waals surface area contributed by atoms with Gasteiger partial charge >= 0.3 is 5.82 Å². The largest absolute Gasteiger partial charge is 1.00 e. The first-order valence-electron chi connectivity index (χ1n) is 6.48. The number of nitrogens with one attached hydrogen (secondary N) is 1. The van der Waals surface area contributed by atoms with Crippen LogP contribution in [0.3, 0.4) is 0 Å². The number of imidazole rings is 1. The number of aromatic nitrogens is 2. The van der Waals surface area contributed by atoms with Crippen molar-refractivity contribution >= 4 is 11.0 Å². The average molecular weight is 319 g/mol. The van der Waals surface area contributed by atoms with Crippen molar-refractivity contribution in [3.05, 3.63) is 66.8 Å². The third-order valence-corrected chi connectivity index (χ3v) is 3.37. The molecule has 0 spiro atoms. The highest BCUT2D eigenvalue weighted by atomic mass is 35.5. The minimum Gasteiger partial charge on any atom is -1.00 e. The van der Waals surface area contributed by atoms with Gasteiger partial charge in [-0.2, -0.15) is 0 Å². The van der Waals surface area contributed by atoms with Crippen LogP contribution in [0.1, 0.15) is 5.76 Å². The van der Waals surface area contributed by atoms with E-state index < -0.39 is 0 Å². The SMILES string of the molecule is O.[Cl-].c1coc(C[n+]2c(-c3ccco3)[nH]c3ccccc32)c1. The molecular formula is C16H15ClN2O3. The molecular weight excluding hydrogens is 304 g/mol. The van der Waals surface area contributed by atoms with Crippen molar-refractivity contribution in [1.29, 1.82) is 0 Å². The van der Waals surface area contributed by atoms with Crippen LogP contribution in [0, 0.1) is 0 Å². The summed E-state index contributed by atoms with van der Waals surface area (Å²) in [5.74, 6) is 2.66. The number of aromatic amines is 1. The van der Waals surface area contributed by atoms with Crippen LogP contribution in [0.2, 0.25) is 0 Å². The predicted octanol–water partition coefficient (Wildman–Crippen LogP) is -0.464. The second-order valence-corrected chi connectivity index (χ2v) is 4.63. The van der Waals surface area contributed by atoms with Gasteiger partial charge in [-0.15, -0.1) is 0 Å². The number of hydrogen-bond donors (Lipinski definition) is 1. The Kier molecular flexibility index (Phi) is 4.70. The zero-order valence-corrected chi connectivity index (χ0v) is 12.4. The van der Waals surface area contributed by atoms with Crippen LogP contribution in [0.4, 0.5) is 0 Å². The lowest BCUT2D eigenvalue weighted by Gasteiger charge is -1.98. The van der Waals surface area contributed by atoms with Crippen molar-refractivity contribution in [1.82, 2.24) is 4.98 Å². The fourth-order valence-corrected chi connectivity index (χ4v) is 2.46. The second kappa shape index (κ2) is 6.51. The van der Waals surface area contributed by atoms with Crippen LogP contribution in [-0.4, -0.2) is 10.5 Å². The first-order chi connectivity index (χ1) is 9.92. The zero-order valence-electron chi connectivity index (χ0n) is 11.6. The maximum Gasteiger partial charge on any atom is 0.324 e. The smallest absolute Gasteiger partial charge is 0.324 e. The average Bonchev–Trinajstić information content (AvgIpc) is 3.19. The molecule has 22 heavy (non-hydrogen) atoms. The monoisotopic (exact) mass is 318 g/mol. The molecule has 0 saturated carbocycles. The van der Waals surface area contributed by atoms with Crippen LogP contribution in [0.5, 0.6) is 0 Å². The van der Waals surface area contributed by atoms with Gasteiger partial charge in [-0.1, -0.05) is 12.1 Å². The highest BCUT2D eigenvalue weighted by Gasteiger charge is 2.22. The van der Waals surface area contributed by atoms with Crippen LogP contribution in [-0.2, 0) is 6.54 Å². The Balaban J connectivity index is 0.000000882. The minimum atomic E-state index is 0. The van der Waals surface area contributed by atoms with E-state index in [9.17, 15) is 0 Å². The molecule has 4 rings (SSSR count). The highest BCUT2D eigenvalue weighted by molar-refractivity contribution is 5.73. The number of halogens is 1. The highest BCUT2D eigenvalue weighted by Crippen LogP contribution is 2.19. The van der Waals surface area contributed by atoms with Gasteiger partial charge < -0.3 is 26.7 Å². The summed E-state index contributed by atoms with van der Waals surface area (Å²) in [5, 5.41) is 0. The Morgan fingerprint density at radius 2 is 1.68 bits per heavy atom. The topological polar surface area (TPSA) is 77.5 Å². The second-order valence-electron chi connectivity index (χ2n) is 4.63. The molecule has 3 aromatic heterocycles. The maximum absolute atomic E-state index is 5.53. The molecule has 4 aromatic rings. The number of hydrogen-bond acceptors (Lipinski definition) is 2. The third-order valence-electron chi connectivity index (χ3n) is 3.37. The number of furan rings is 2. The van der Waals surface area contributed by atoms with Crippen LogP contribution < -0.4 is 17.0 Å². The molecule has 0 bridgehead atoms. The van der Waals surface area contributed by atoms with E-state index in [1.165, 1.54) is 0 Å². The van der Waals surface area contributed by atoms with E-state index in [2.05, 4.69) is 21.7 Å². The van der Waals surface area contributed by atoms with Crippen molar-refractivity contribution in [2.24, 2.45) is 0 Å². The number of fused-ring (bicyclic) bond motifs is 1. The zero-order chi connectivity index (χ0) is 13.4. The molecule has 0 amide bonds.